The van der Waals surface area contributed by atoms with E-state index in [1.54, 1.807) is 46.6 Å². The molecule has 4 rings (SSSR count). The molecular formula is C25H23FN2O4. The van der Waals surface area contributed by atoms with Gasteiger partial charge in [-0.15, -0.1) is 0 Å². The number of methoxy groups -OCH3 is 4. The lowest BCUT2D eigenvalue weighted by Gasteiger charge is -2.11. The Morgan fingerprint density at radius 1 is 0.688 bits per heavy atom. The van der Waals surface area contributed by atoms with Crippen molar-refractivity contribution >= 4 is 0 Å². The Bertz CT molecular complexity index is 1180. The van der Waals surface area contributed by atoms with E-state index in [-0.39, 0.29) is 5.82 Å². The van der Waals surface area contributed by atoms with Gasteiger partial charge in [-0.2, -0.15) is 0 Å². The number of halogens is 1. The van der Waals surface area contributed by atoms with Crippen LogP contribution in [0.25, 0.3) is 33.9 Å². The molecule has 1 aromatic heterocycles. The zero-order valence-corrected chi connectivity index (χ0v) is 18.2. The summed E-state index contributed by atoms with van der Waals surface area (Å²) in [5.41, 5.74) is 3.31. The molecule has 6 nitrogen and oxygen atoms in total. The van der Waals surface area contributed by atoms with Crippen LogP contribution < -0.4 is 18.9 Å². The maximum absolute atomic E-state index is 14.5. The molecule has 1 N–H and O–H groups in total. The molecular weight excluding hydrogens is 411 g/mol. The molecule has 0 radical (unpaired) electrons. The molecule has 0 aliphatic carbocycles. The highest BCUT2D eigenvalue weighted by Crippen LogP contribution is 2.40. The Hall–Kier alpha value is -4.00. The van der Waals surface area contributed by atoms with Crippen molar-refractivity contribution in [3.8, 4) is 56.9 Å². The molecule has 0 spiro atoms. The number of nitrogens with one attached hydrogen (secondary N) is 1. The lowest BCUT2D eigenvalue weighted by molar-refractivity contribution is 0.355. The van der Waals surface area contributed by atoms with Gasteiger partial charge in [0.1, 0.15) is 11.6 Å². The third-order valence-electron chi connectivity index (χ3n) is 5.16. The molecule has 0 fully saturated rings. The van der Waals surface area contributed by atoms with Gasteiger partial charge in [-0.05, 0) is 48.5 Å². The van der Waals surface area contributed by atoms with Crippen LogP contribution in [0.1, 0.15) is 0 Å². The zero-order chi connectivity index (χ0) is 22.7. The molecule has 0 bridgehead atoms. The highest BCUT2D eigenvalue weighted by atomic mass is 19.1. The SMILES string of the molecule is COc1ccc(-c2nc(-c3ccccc3F)[nH]c2-c2ccc(OC)c(OC)c2)cc1OC. The first-order valence-electron chi connectivity index (χ1n) is 9.89. The number of hydrogen-bond donors (Lipinski definition) is 1. The van der Waals surface area contributed by atoms with Gasteiger partial charge in [0.05, 0.1) is 45.4 Å². The first-order chi connectivity index (χ1) is 15.6. The number of aromatic amines is 1. The predicted octanol–water partition coefficient (Wildman–Crippen LogP) is 5.58. The van der Waals surface area contributed by atoms with Gasteiger partial charge < -0.3 is 23.9 Å². The summed E-state index contributed by atoms with van der Waals surface area (Å²) < 4.78 is 36.2. The average Bonchev–Trinajstić information content (AvgIpc) is 3.28. The predicted molar refractivity (Wildman–Crippen MR) is 121 cm³/mol. The third-order valence-corrected chi connectivity index (χ3v) is 5.16. The van der Waals surface area contributed by atoms with Crippen LogP contribution in [-0.2, 0) is 0 Å². The number of hydrogen-bond acceptors (Lipinski definition) is 5. The number of rotatable bonds is 7. The second-order valence-corrected chi connectivity index (χ2v) is 6.93. The molecule has 0 atom stereocenters. The van der Waals surface area contributed by atoms with Crippen LogP contribution in [0.2, 0.25) is 0 Å². The van der Waals surface area contributed by atoms with Crippen LogP contribution in [0.15, 0.2) is 60.7 Å². The summed E-state index contributed by atoms with van der Waals surface area (Å²) in [4.78, 5) is 8.04. The quantitative estimate of drug-likeness (QED) is 0.411. The molecule has 164 valence electrons. The Kier molecular flexibility index (Phi) is 5.98. The molecule has 0 saturated heterocycles. The van der Waals surface area contributed by atoms with Gasteiger partial charge in [-0.25, -0.2) is 9.37 Å². The summed E-state index contributed by atoms with van der Waals surface area (Å²) in [6, 6.07) is 17.6. The lowest BCUT2D eigenvalue weighted by atomic mass is 10.0. The van der Waals surface area contributed by atoms with Crippen LogP contribution in [-0.4, -0.2) is 38.4 Å². The summed E-state index contributed by atoms with van der Waals surface area (Å²) in [6.45, 7) is 0. The van der Waals surface area contributed by atoms with Crippen molar-refractivity contribution in [1.29, 1.82) is 0 Å². The van der Waals surface area contributed by atoms with E-state index in [0.717, 1.165) is 11.1 Å². The molecule has 32 heavy (non-hydrogen) atoms. The minimum atomic E-state index is -0.362. The first kappa shape index (κ1) is 21.2. The second-order valence-electron chi connectivity index (χ2n) is 6.93. The van der Waals surface area contributed by atoms with E-state index in [2.05, 4.69) is 4.98 Å². The Labute approximate surface area is 185 Å². The van der Waals surface area contributed by atoms with E-state index in [9.17, 15) is 4.39 Å². The third kappa shape index (κ3) is 3.85. The number of nitrogens with zero attached hydrogens (tertiary/aromatic N) is 1. The normalized spacial score (nSPS) is 10.7. The van der Waals surface area contributed by atoms with E-state index in [1.165, 1.54) is 6.07 Å². The van der Waals surface area contributed by atoms with Crippen molar-refractivity contribution in [2.45, 2.75) is 0 Å². The van der Waals surface area contributed by atoms with Gasteiger partial charge >= 0.3 is 0 Å². The van der Waals surface area contributed by atoms with E-state index < -0.39 is 0 Å². The van der Waals surface area contributed by atoms with Gasteiger partial charge in [0.15, 0.2) is 23.0 Å². The largest absolute Gasteiger partial charge is 0.493 e. The number of aromatic nitrogens is 2. The van der Waals surface area contributed by atoms with E-state index in [0.29, 0.717) is 45.8 Å². The van der Waals surface area contributed by atoms with Gasteiger partial charge in [0, 0.05) is 11.1 Å². The van der Waals surface area contributed by atoms with Crippen molar-refractivity contribution in [3.63, 3.8) is 0 Å². The van der Waals surface area contributed by atoms with E-state index >= 15 is 0 Å². The summed E-state index contributed by atoms with van der Waals surface area (Å²) in [5.74, 6) is 2.41. The van der Waals surface area contributed by atoms with Crippen LogP contribution in [0.5, 0.6) is 23.0 Å². The Balaban J connectivity index is 1.94. The molecule has 0 amide bonds. The molecule has 7 heteroatoms. The molecule has 3 aromatic carbocycles. The average molecular weight is 434 g/mol. The van der Waals surface area contributed by atoms with Crippen LogP contribution in [0.4, 0.5) is 4.39 Å². The van der Waals surface area contributed by atoms with Gasteiger partial charge in [-0.3, -0.25) is 0 Å². The van der Waals surface area contributed by atoms with Crippen molar-refractivity contribution in [2.24, 2.45) is 0 Å². The number of benzene rings is 3. The van der Waals surface area contributed by atoms with Crippen molar-refractivity contribution < 1.29 is 23.3 Å². The molecule has 1 heterocycles. The number of ether oxygens (including phenoxy) is 4. The van der Waals surface area contributed by atoms with E-state index in [4.69, 9.17) is 23.9 Å². The zero-order valence-electron chi connectivity index (χ0n) is 18.2. The fourth-order valence-corrected chi connectivity index (χ4v) is 3.55. The summed E-state index contributed by atoms with van der Waals surface area (Å²) >= 11 is 0. The fourth-order valence-electron chi connectivity index (χ4n) is 3.55. The van der Waals surface area contributed by atoms with Gasteiger partial charge in [0.25, 0.3) is 0 Å². The van der Waals surface area contributed by atoms with Crippen molar-refractivity contribution in [3.05, 3.63) is 66.5 Å². The topological polar surface area (TPSA) is 65.6 Å². The molecule has 0 aliphatic heterocycles. The molecule has 0 saturated carbocycles. The number of imidazole rings is 1. The lowest BCUT2D eigenvalue weighted by Crippen LogP contribution is -1.93. The number of H-pyrrole nitrogens is 1. The minimum absolute atomic E-state index is 0.362. The molecule has 0 unspecified atom stereocenters. The minimum Gasteiger partial charge on any atom is -0.493 e. The van der Waals surface area contributed by atoms with Crippen LogP contribution in [0.3, 0.4) is 0 Å². The van der Waals surface area contributed by atoms with Gasteiger partial charge in [-0.1, -0.05) is 12.1 Å². The monoisotopic (exact) mass is 434 g/mol. The molecule has 4 aromatic rings. The smallest absolute Gasteiger partial charge is 0.161 e. The van der Waals surface area contributed by atoms with Crippen LogP contribution >= 0.6 is 0 Å². The first-order valence-corrected chi connectivity index (χ1v) is 9.89. The highest BCUT2D eigenvalue weighted by molar-refractivity contribution is 5.83. The fraction of sp³-hybridized carbons (Fsp3) is 0.160. The maximum Gasteiger partial charge on any atom is 0.161 e. The highest BCUT2D eigenvalue weighted by Gasteiger charge is 2.19. The standard InChI is InChI=1S/C25H23FN2O4/c1-29-19-11-9-15(13-21(19)31-3)23-24(16-10-12-20(30-2)22(14-16)32-4)28-25(27-23)17-7-5-6-8-18(17)26/h5-14H,1-4H3,(H,27,28). The van der Waals surface area contributed by atoms with Crippen molar-refractivity contribution in [1.82, 2.24) is 9.97 Å². The summed E-state index contributed by atoms with van der Waals surface area (Å²) in [5, 5.41) is 0. The van der Waals surface area contributed by atoms with Gasteiger partial charge in [0.2, 0.25) is 0 Å². The maximum atomic E-state index is 14.5. The van der Waals surface area contributed by atoms with Crippen molar-refractivity contribution in [2.75, 3.05) is 28.4 Å². The summed E-state index contributed by atoms with van der Waals surface area (Å²) in [6.07, 6.45) is 0. The Morgan fingerprint density at radius 2 is 1.25 bits per heavy atom. The molecule has 0 aliphatic rings. The Morgan fingerprint density at radius 3 is 1.84 bits per heavy atom. The summed E-state index contributed by atoms with van der Waals surface area (Å²) in [7, 11) is 6.32. The van der Waals surface area contributed by atoms with E-state index in [1.807, 2.05) is 36.4 Å². The second kappa shape index (κ2) is 9.01. The van der Waals surface area contributed by atoms with Crippen LogP contribution in [0, 0.1) is 5.82 Å².